The second-order valence-corrected chi connectivity index (χ2v) is 2.60. The van der Waals surface area contributed by atoms with Crippen LogP contribution < -0.4 is 0 Å². The van der Waals surface area contributed by atoms with Gasteiger partial charge in [-0.15, -0.1) is 12.3 Å². The first kappa shape index (κ1) is 12.0. The highest BCUT2D eigenvalue weighted by Crippen LogP contribution is 1.97. The molecule has 0 aromatic heterocycles. The summed E-state index contributed by atoms with van der Waals surface area (Å²) in [5.74, 6) is 2.32. The van der Waals surface area contributed by atoms with Gasteiger partial charge in [0.1, 0.15) is 0 Å². The van der Waals surface area contributed by atoms with Crippen LogP contribution in [0, 0.1) is 12.3 Å². The molecule has 0 aliphatic heterocycles. The van der Waals surface area contributed by atoms with E-state index in [4.69, 9.17) is 11.2 Å². The van der Waals surface area contributed by atoms with Crippen LogP contribution in [0.1, 0.15) is 25.7 Å². The van der Waals surface area contributed by atoms with E-state index in [0.717, 1.165) is 12.8 Å². The molecule has 0 spiro atoms. The van der Waals surface area contributed by atoms with Gasteiger partial charge in [0, 0.05) is 19.4 Å². The van der Waals surface area contributed by atoms with E-state index >= 15 is 0 Å². The van der Waals surface area contributed by atoms with Gasteiger partial charge in [0.15, 0.2) is 0 Å². The van der Waals surface area contributed by atoms with Gasteiger partial charge in [-0.05, 0) is 12.8 Å². The van der Waals surface area contributed by atoms with Crippen LogP contribution in [0.25, 0.3) is 0 Å². The topological polar surface area (TPSA) is 35.5 Å². The Labute approximate surface area is 79.4 Å². The van der Waals surface area contributed by atoms with Crippen molar-refractivity contribution in [1.82, 2.24) is 0 Å². The van der Waals surface area contributed by atoms with Crippen molar-refractivity contribution >= 4 is 5.97 Å². The molecule has 0 fully saturated rings. The zero-order chi connectivity index (χ0) is 9.94. The number of hydrogen-bond acceptors (Lipinski definition) is 3. The van der Waals surface area contributed by atoms with Crippen molar-refractivity contribution in [2.75, 3.05) is 20.3 Å². The van der Waals surface area contributed by atoms with E-state index in [-0.39, 0.29) is 5.97 Å². The van der Waals surface area contributed by atoms with Crippen LogP contribution in [0.4, 0.5) is 0 Å². The molecule has 3 heteroatoms. The fourth-order valence-corrected chi connectivity index (χ4v) is 0.809. The third-order valence-corrected chi connectivity index (χ3v) is 1.54. The van der Waals surface area contributed by atoms with Crippen molar-refractivity contribution < 1.29 is 14.3 Å². The van der Waals surface area contributed by atoms with Crippen LogP contribution in [0.3, 0.4) is 0 Å². The van der Waals surface area contributed by atoms with Gasteiger partial charge >= 0.3 is 5.97 Å². The zero-order valence-electron chi connectivity index (χ0n) is 8.04. The minimum atomic E-state index is -0.163. The first-order chi connectivity index (χ1) is 6.31. The second kappa shape index (κ2) is 9.08. The molecule has 0 aromatic carbocycles. The third-order valence-electron chi connectivity index (χ3n) is 1.54. The normalized spacial score (nSPS) is 9.23. The third kappa shape index (κ3) is 8.90. The summed E-state index contributed by atoms with van der Waals surface area (Å²) in [7, 11) is 1.39. The quantitative estimate of drug-likeness (QED) is 0.340. The lowest BCUT2D eigenvalue weighted by Gasteiger charge is -2.01. The molecular formula is C10H16O3. The molecule has 0 heterocycles. The van der Waals surface area contributed by atoms with Crippen molar-refractivity contribution in [1.29, 1.82) is 0 Å². The molecule has 0 aliphatic rings. The highest BCUT2D eigenvalue weighted by Gasteiger charge is 1.98. The molecule has 0 rings (SSSR count). The number of unbranched alkanes of at least 4 members (excludes halogenated alkanes) is 1. The lowest BCUT2D eigenvalue weighted by atomic mass is 10.2. The Balaban J connectivity index is 3.00. The highest BCUT2D eigenvalue weighted by molar-refractivity contribution is 5.68. The van der Waals surface area contributed by atoms with Crippen molar-refractivity contribution in [3.63, 3.8) is 0 Å². The van der Waals surface area contributed by atoms with Crippen molar-refractivity contribution in [2.45, 2.75) is 25.7 Å². The fourth-order valence-electron chi connectivity index (χ4n) is 0.809. The minimum Gasteiger partial charge on any atom is -0.469 e. The van der Waals surface area contributed by atoms with E-state index in [1.165, 1.54) is 7.11 Å². The summed E-state index contributed by atoms with van der Waals surface area (Å²) in [5.41, 5.74) is 0. The summed E-state index contributed by atoms with van der Waals surface area (Å²) < 4.78 is 9.68. The molecule has 74 valence electrons. The minimum absolute atomic E-state index is 0.163. The summed E-state index contributed by atoms with van der Waals surface area (Å²) in [6, 6.07) is 0. The molecule has 0 radical (unpaired) electrons. The second-order valence-electron chi connectivity index (χ2n) is 2.60. The van der Waals surface area contributed by atoms with Gasteiger partial charge in [-0.25, -0.2) is 0 Å². The Hall–Kier alpha value is -1.01. The Morgan fingerprint density at radius 1 is 1.38 bits per heavy atom. The molecule has 0 saturated heterocycles. The lowest BCUT2D eigenvalue weighted by Crippen LogP contribution is -2.01. The van der Waals surface area contributed by atoms with Gasteiger partial charge in [0.05, 0.1) is 13.7 Å². The van der Waals surface area contributed by atoms with Crippen LogP contribution in [-0.4, -0.2) is 26.3 Å². The van der Waals surface area contributed by atoms with Crippen molar-refractivity contribution in [3.8, 4) is 12.3 Å². The Kier molecular flexibility index (Phi) is 8.38. The maximum Gasteiger partial charge on any atom is 0.305 e. The SMILES string of the molecule is C#CCCOCCCCC(=O)OC. The van der Waals surface area contributed by atoms with E-state index in [2.05, 4.69) is 10.7 Å². The van der Waals surface area contributed by atoms with Crippen molar-refractivity contribution in [2.24, 2.45) is 0 Å². The summed E-state index contributed by atoms with van der Waals surface area (Å²) in [4.78, 5) is 10.7. The molecular weight excluding hydrogens is 168 g/mol. The molecule has 0 aromatic rings. The van der Waals surface area contributed by atoms with Crippen molar-refractivity contribution in [3.05, 3.63) is 0 Å². The molecule has 0 atom stereocenters. The summed E-state index contributed by atoms with van der Waals surface area (Å²) in [5, 5.41) is 0. The predicted molar refractivity (Wildman–Crippen MR) is 50.1 cm³/mol. The standard InChI is InChI=1S/C10H16O3/c1-3-4-8-13-9-6-5-7-10(11)12-2/h1H,4-9H2,2H3. The number of hydrogen-bond donors (Lipinski definition) is 0. The lowest BCUT2D eigenvalue weighted by molar-refractivity contribution is -0.140. The summed E-state index contributed by atoms with van der Waals surface area (Å²) in [6.45, 7) is 1.27. The average Bonchev–Trinajstić information content (AvgIpc) is 2.16. The molecule has 0 amide bonds. The monoisotopic (exact) mass is 184 g/mol. The van der Waals surface area contributed by atoms with Crippen LogP contribution in [0.5, 0.6) is 0 Å². The molecule has 13 heavy (non-hydrogen) atoms. The number of esters is 1. The molecule has 0 bridgehead atoms. The fraction of sp³-hybridized carbons (Fsp3) is 0.700. The molecule has 0 saturated carbocycles. The number of methoxy groups -OCH3 is 1. The average molecular weight is 184 g/mol. The van der Waals surface area contributed by atoms with E-state index in [9.17, 15) is 4.79 Å². The van der Waals surface area contributed by atoms with Gasteiger partial charge in [-0.3, -0.25) is 4.79 Å². The van der Waals surface area contributed by atoms with Gasteiger partial charge in [0.25, 0.3) is 0 Å². The number of terminal acetylenes is 1. The number of carbonyl (C=O) groups is 1. The number of rotatable bonds is 7. The summed E-state index contributed by atoms with van der Waals surface area (Å²) in [6.07, 6.45) is 7.84. The Morgan fingerprint density at radius 3 is 2.77 bits per heavy atom. The molecule has 3 nitrogen and oxygen atoms in total. The molecule has 0 unspecified atom stereocenters. The van der Waals surface area contributed by atoms with Crippen LogP contribution >= 0.6 is 0 Å². The smallest absolute Gasteiger partial charge is 0.305 e. The van der Waals surface area contributed by atoms with E-state index in [0.29, 0.717) is 26.1 Å². The Morgan fingerprint density at radius 2 is 2.15 bits per heavy atom. The van der Waals surface area contributed by atoms with Gasteiger partial charge in [-0.1, -0.05) is 0 Å². The maximum absolute atomic E-state index is 10.7. The van der Waals surface area contributed by atoms with E-state index < -0.39 is 0 Å². The van der Waals surface area contributed by atoms with Gasteiger partial charge < -0.3 is 9.47 Å². The van der Waals surface area contributed by atoms with Crippen LogP contribution in [0.2, 0.25) is 0 Å². The van der Waals surface area contributed by atoms with Crippen LogP contribution in [0.15, 0.2) is 0 Å². The van der Waals surface area contributed by atoms with Crippen LogP contribution in [-0.2, 0) is 14.3 Å². The first-order valence-electron chi connectivity index (χ1n) is 4.39. The molecule has 0 aliphatic carbocycles. The van der Waals surface area contributed by atoms with Gasteiger partial charge in [0.2, 0.25) is 0 Å². The number of ether oxygens (including phenoxy) is 2. The zero-order valence-corrected chi connectivity index (χ0v) is 8.04. The number of carbonyl (C=O) groups excluding carboxylic acids is 1. The first-order valence-corrected chi connectivity index (χ1v) is 4.39. The largest absolute Gasteiger partial charge is 0.469 e. The maximum atomic E-state index is 10.7. The van der Waals surface area contributed by atoms with E-state index in [1.54, 1.807) is 0 Å². The summed E-state index contributed by atoms with van der Waals surface area (Å²) >= 11 is 0. The van der Waals surface area contributed by atoms with E-state index in [1.807, 2.05) is 0 Å². The van der Waals surface area contributed by atoms with Gasteiger partial charge in [-0.2, -0.15) is 0 Å². The highest BCUT2D eigenvalue weighted by atomic mass is 16.5. The predicted octanol–water partition coefficient (Wildman–Crippen LogP) is 1.37. The Bertz CT molecular complexity index is 169. The molecule has 0 N–H and O–H groups in total.